The van der Waals surface area contributed by atoms with Gasteiger partial charge >= 0.3 is 0 Å². The predicted molar refractivity (Wildman–Crippen MR) is 64.1 cm³/mol. The molecule has 2 atom stereocenters. The Bertz CT molecular complexity index is 257. The molecule has 15 heavy (non-hydrogen) atoms. The zero-order valence-corrected chi connectivity index (χ0v) is 11.0. The second-order valence-corrected chi connectivity index (χ2v) is 6.22. The number of carbonyl (C=O) groups is 1. The van der Waals surface area contributed by atoms with Crippen LogP contribution in [0.15, 0.2) is 0 Å². The Morgan fingerprint density at radius 3 is 2.73 bits per heavy atom. The summed E-state index contributed by atoms with van der Waals surface area (Å²) in [7, 11) is 0. The molecule has 4 heteroatoms. The third-order valence-electron chi connectivity index (χ3n) is 3.37. The number of alkyl halides is 1. The van der Waals surface area contributed by atoms with E-state index in [1.54, 1.807) is 0 Å². The summed E-state index contributed by atoms with van der Waals surface area (Å²) in [6, 6.07) is 0.589. The maximum absolute atomic E-state index is 11.9. The molecule has 2 unspecified atom stereocenters. The van der Waals surface area contributed by atoms with Gasteiger partial charge in [0.05, 0.1) is 0 Å². The first-order valence-corrected chi connectivity index (χ1v) is 6.66. The Hall–Kier alpha value is -0.0900. The maximum Gasteiger partial charge on any atom is 0.225 e. The van der Waals surface area contributed by atoms with Crippen LogP contribution in [0.25, 0.3) is 0 Å². The molecule has 2 fully saturated rings. The third-order valence-corrected chi connectivity index (χ3v) is 4.03. The van der Waals surface area contributed by atoms with E-state index in [1.165, 1.54) is 6.42 Å². The number of rotatable bonds is 1. The summed E-state index contributed by atoms with van der Waals surface area (Å²) in [6.45, 7) is 8.00. The molecule has 0 aromatic rings. The monoisotopic (exact) mass is 274 g/mol. The van der Waals surface area contributed by atoms with Crippen molar-refractivity contribution in [3.05, 3.63) is 0 Å². The van der Waals surface area contributed by atoms with Crippen LogP contribution in [0.2, 0.25) is 0 Å². The highest BCUT2D eigenvalue weighted by Crippen LogP contribution is 2.26. The van der Waals surface area contributed by atoms with Crippen LogP contribution in [0.1, 0.15) is 20.3 Å². The number of piperazine rings is 1. The summed E-state index contributed by atoms with van der Waals surface area (Å²) in [6.07, 6.45) is 1.18. The molecule has 2 rings (SSSR count). The SMILES string of the molecule is CC(C)C(=O)N1CCN2CC(Br)CC2C1. The molecule has 0 aromatic carbocycles. The topological polar surface area (TPSA) is 23.6 Å². The van der Waals surface area contributed by atoms with Gasteiger partial charge < -0.3 is 4.90 Å². The quantitative estimate of drug-likeness (QED) is 0.674. The minimum absolute atomic E-state index is 0.137. The second kappa shape index (κ2) is 4.42. The first-order chi connectivity index (χ1) is 7.08. The van der Waals surface area contributed by atoms with Crippen molar-refractivity contribution < 1.29 is 4.79 Å². The van der Waals surface area contributed by atoms with E-state index in [4.69, 9.17) is 0 Å². The van der Waals surface area contributed by atoms with Crippen LogP contribution in [0.3, 0.4) is 0 Å². The Labute approximate surface area is 99.9 Å². The van der Waals surface area contributed by atoms with Crippen molar-refractivity contribution in [1.82, 2.24) is 9.80 Å². The van der Waals surface area contributed by atoms with Crippen molar-refractivity contribution >= 4 is 21.8 Å². The third kappa shape index (κ3) is 2.36. The van der Waals surface area contributed by atoms with E-state index in [-0.39, 0.29) is 5.92 Å². The van der Waals surface area contributed by atoms with Gasteiger partial charge in [-0.05, 0) is 6.42 Å². The lowest BCUT2D eigenvalue weighted by Crippen LogP contribution is -2.52. The van der Waals surface area contributed by atoms with Gasteiger partial charge in [-0.25, -0.2) is 0 Å². The van der Waals surface area contributed by atoms with Crippen LogP contribution in [-0.2, 0) is 4.79 Å². The zero-order valence-electron chi connectivity index (χ0n) is 9.45. The summed E-state index contributed by atoms with van der Waals surface area (Å²) in [5.74, 6) is 0.449. The first kappa shape index (κ1) is 11.4. The number of hydrogen-bond donors (Lipinski definition) is 0. The molecule has 0 aromatic heterocycles. The first-order valence-electron chi connectivity index (χ1n) is 5.75. The fourth-order valence-electron chi connectivity index (χ4n) is 2.55. The van der Waals surface area contributed by atoms with E-state index in [2.05, 4.69) is 20.8 Å². The molecule has 0 saturated carbocycles. The van der Waals surface area contributed by atoms with Gasteiger partial charge in [0, 0.05) is 43.0 Å². The Morgan fingerprint density at radius 2 is 2.07 bits per heavy atom. The molecular weight excluding hydrogens is 256 g/mol. The van der Waals surface area contributed by atoms with E-state index in [0.717, 1.165) is 26.2 Å². The minimum atomic E-state index is 0.137. The highest BCUT2D eigenvalue weighted by molar-refractivity contribution is 9.09. The molecular formula is C11H19BrN2O. The molecule has 0 spiro atoms. The van der Waals surface area contributed by atoms with Crippen LogP contribution in [-0.4, -0.2) is 52.8 Å². The van der Waals surface area contributed by atoms with Crippen LogP contribution >= 0.6 is 15.9 Å². The van der Waals surface area contributed by atoms with Crippen molar-refractivity contribution in [2.75, 3.05) is 26.2 Å². The Morgan fingerprint density at radius 1 is 1.33 bits per heavy atom. The lowest BCUT2D eigenvalue weighted by Gasteiger charge is -2.38. The molecule has 1 amide bonds. The molecule has 2 heterocycles. The normalized spacial score (nSPS) is 32.1. The van der Waals surface area contributed by atoms with Gasteiger partial charge in [-0.2, -0.15) is 0 Å². The Kier molecular flexibility index (Phi) is 3.36. The van der Waals surface area contributed by atoms with Crippen molar-refractivity contribution in [3.63, 3.8) is 0 Å². The van der Waals surface area contributed by atoms with E-state index >= 15 is 0 Å². The molecule has 3 nitrogen and oxygen atoms in total. The molecule has 2 aliphatic rings. The van der Waals surface area contributed by atoms with Crippen molar-refractivity contribution in [2.24, 2.45) is 5.92 Å². The minimum Gasteiger partial charge on any atom is -0.340 e. The fraction of sp³-hybridized carbons (Fsp3) is 0.909. The van der Waals surface area contributed by atoms with Crippen LogP contribution in [0.4, 0.5) is 0 Å². The zero-order chi connectivity index (χ0) is 11.0. The maximum atomic E-state index is 11.9. The lowest BCUT2D eigenvalue weighted by molar-refractivity contribution is -0.137. The van der Waals surface area contributed by atoms with E-state index in [9.17, 15) is 4.79 Å². The average Bonchev–Trinajstić information content (AvgIpc) is 2.55. The smallest absolute Gasteiger partial charge is 0.225 e. The highest BCUT2D eigenvalue weighted by Gasteiger charge is 2.36. The summed E-state index contributed by atoms with van der Waals surface area (Å²) < 4.78 is 0. The number of hydrogen-bond acceptors (Lipinski definition) is 2. The summed E-state index contributed by atoms with van der Waals surface area (Å²) in [5, 5.41) is 0. The van der Waals surface area contributed by atoms with Gasteiger partial charge in [-0.15, -0.1) is 0 Å². The summed E-state index contributed by atoms with van der Waals surface area (Å²) in [5.41, 5.74) is 0. The number of carbonyl (C=O) groups excluding carboxylic acids is 1. The predicted octanol–water partition coefficient (Wildman–Crippen LogP) is 1.32. The van der Waals surface area contributed by atoms with Crippen LogP contribution in [0.5, 0.6) is 0 Å². The molecule has 0 bridgehead atoms. The van der Waals surface area contributed by atoms with Gasteiger partial charge in [-0.1, -0.05) is 29.8 Å². The molecule has 0 radical (unpaired) electrons. The number of halogens is 1. The molecule has 2 saturated heterocycles. The van der Waals surface area contributed by atoms with Gasteiger partial charge in [0.1, 0.15) is 0 Å². The van der Waals surface area contributed by atoms with Gasteiger partial charge in [-0.3, -0.25) is 9.69 Å². The van der Waals surface area contributed by atoms with Crippen molar-refractivity contribution in [1.29, 1.82) is 0 Å². The fourth-order valence-corrected chi connectivity index (χ4v) is 3.35. The molecule has 2 aliphatic heterocycles. The van der Waals surface area contributed by atoms with Crippen molar-refractivity contribution in [3.8, 4) is 0 Å². The Balaban J connectivity index is 1.95. The molecule has 86 valence electrons. The number of fused-ring (bicyclic) bond motifs is 1. The second-order valence-electron chi connectivity index (χ2n) is 4.92. The van der Waals surface area contributed by atoms with Crippen LogP contribution < -0.4 is 0 Å². The standard InChI is InChI=1S/C11H19BrN2O/c1-8(2)11(15)14-4-3-13-6-9(12)5-10(13)7-14/h8-10H,3-7H2,1-2H3. The average molecular weight is 275 g/mol. The lowest BCUT2D eigenvalue weighted by atomic mass is 10.1. The molecule has 0 N–H and O–H groups in total. The van der Waals surface area contributed by atoms with Crippen LogP contribution in [0, 0.1) is 5.92 Å². The molecule has 0 aliphatic carbocycles. The van der Waals surface area contributed by atoms with Crippen molar-refractivity contribution in [2.45, 2.75) is 31.1 Å². The summed E-state index contributed by atoms with van der Waals surface area (Å²) in [4.78, 5) is 17.0. The van der Waals surface area contributed by atoms with E-state index in [0.29, 0.717) is 16.8 Å². The van der Waals surface area contributed by atoms with E-state index in [1.807, 2.05) is 18.7 Å². The van der Waals surface area contributed by atoms with Gasteiger partial charge in [0.15, 0.2) is 0 Å². The number of nitrogens with zero attached hydrogens (tertiary/aromatic N) is 2. The summed E-state index contributed by atoms with van der Waals surface area (Å²) >= 11 is 3.67. The van der Waals surface area contributed by atoms with Gasteiger partial charge in [0.25, 0.3) is 0 Å². The number of amides is 1. The van der Waals surface area contributed by atoms with E-state index < -0.39 is 0 Å². The largest absolute Gasteiger partial charge is 0.340 e. The van der Waals surface area contributed by atoms with Gasteiger partial charge in [0.2, 0.25) is 5.91 Å². The highest BCUT2D eigenvalue weighted by atomic mass is 79.9.